The van der Waals surface area contributed by atoms with Gasteiger partial charge in [0, 0.05) is 25.1 Å². The molecule has 0 amide bonds. The molecule has 1 aliphatic rings. The monoisotopic (exact) mass is 343 g/mol. The predicted molar refractivity (Wildman–Crippen MR) is 78.9 cm³/mol. The summed E-state index contributed by atoms with van der Waals surface area (Å²) in [7, 11) is -2.75. The number of sulfonamides is 1. The van der Waals surface area contributed by atoms with Gasteiger partial charge in [-0.15, -0.1) is 0 Å². The van der Waals surface area contributed by atoms with Gasteiger partial charge in [0.15, 0.2) is 16.7 Å². The van der Waals surface area contributed by atoms with Crippen LogP contribution in [-0.2, 0) is 23.0 Å². The van der Waals surface area contributed by atoms with Crippen molar-refractivity contribution in [2.24, 2.45) is 0 Å². The zero-order valence-corrected chi connectivity index (χ0v) is 13.2. The fourth-order valence-electron chi connectivity index (χ4n) is 2.58. The van der Waals surface area contributed by atoms with Crippen molar-refractivity contribution in [2.75, 3.05) is 11.8 Å². The van der Waals surface area contributed by atoms with Gasteiger partial charge in [-0.1, -0.05) is 0 Å². The van der Waals surface area contributed by atoms with E-state index in [4.69, 9.17) is 4.74 Å². The van der Waals surface area contributed by atoms with Crippen molar-refractivity contribution in [1.82, 2.24) is 9.55 Å². The van der Waals surface area contributed by atoms with Gasteiger partial charge in [-0.3, -0.25) is 4.72 Å². The number of hydrogen-bond donors (Lipinski definition) is 1. The van der Waals surface area contributed by atoms with Crippen molar-refractivity contribution in [3.8, 4) is 5.75 Å². The number of aromatic nitrogens is 2. The summed E-state index contributed by atoms with van der Waals surface area (Å²) >= 11 is 0. The number of halogens is 2. The van der Waals surface area contributed by atoms with Gasteiger partial charge in [-0.25, -0.2) is 13.8 Å². The molecule has 0 spiro atoms. The first-order chi connectivity index (χ1) is 10.9. The van der Waals surface area contributed by atoms with Crippen molar-refractivity contribution >= 4 is 15.7 Å². The van der Waals surface area contributed by atoms with Crippen LogP contribution >= 0.6 is 0 Å². The molecule has 0 saturated carbocycles. The molecule has 1 aromatic heterocycles. The second-order valence-electron chi connectivity index (χ2n) is 5.19. The molecule has 0 saturated heterocycles. The molecule has 1 aromatic carbocycles. The quantitative estimate of drug-likeness (QED) is 0.924. The van der Waals surface area contributed by atoms with Crippen LogP contribution in [0.2, 0.25) is 0 Å². The maximum atomic E-state index is 13.4. The number of fused-ring (bicyclic) bond motifs is 1. The number of nitrogens with zero attached hydrogens (tertiary/aromatic N) is 2. The maximum Gasteiger partial charge on any atom is 0.279 e. The molecular weight excluding hydrogens is 328 g/mol. The Morgan fingerprint density at radius 1 is 1.26 bits per heavy atom. The number of imidazole rings is 1. The van der Waals surface area contributed by atoms with Crippen LogP contribution in [-0.4, -0.2) is 25.1 Å². The van der Waals surface area contributed by atoms with E-state index in [1.54, 1.807) is 4.57 Å². The lowest BCUT2D eigenvalue weighted by Crippen LogP contribution is -2.21. The van der Waals surface area contributed by atoms with Crippen LogP contribution in [0.15, 0.2) is 23.4 Å². The summed E-state index contributed by atoms with van der Waals surface area (Å²) in [6.07, 6.45) is 3.81. The predicted octanol–water partition coefficient (Wildman–Crippen LogP) is 2.31. The molecule has 9 heteroatoms. The largest absolute Gasteiger partial charge is 0.494 e. The summed E-state index contributed by atoms with van der Waals surface area (Å²) in [6, 6.07) is 1.54. The van der Waals surface area contributed by atoms with E-state index in [9.17, 15) is 17.2 Å². The smallest absolute Gasteiger partial charge is 0.279 e. The number of aryl methyl sites for hydroxylation is 1. The van der Waals surface area contributed by atoms with Crippen LogP contribution in [0.1, 0.15) is 18.7 Å². The van der Waals surface area contributed by atoms with Crippen molar-refractivity contribution in [2.45, 2.75) is 30.8 Å². The van der Waals surface area contributed by atoms with Gasteiger partial charge in [0.1, 0.15) is 11.6 Å². The summed E-state index contributed by atoms with van der Waals surface area (Å²) in [4.78, 5) is 4.12. The third kappa shape index (κ3) is 2.88. The SMILES string of the molecule is COc1cc(F)c(F)cc1NS(=O)(=O)c1cnc2n1CCCC2. The van der Waals surface area contributed by atoms with Crippen LogP contribution in [0.25, 0.3) is 0 Å². The van der Waals surface area contributed by atoms with E-state index < -0.39 is 21.7 Å². The number of benzene rings is 1. The van der Waals surface area contributed by atoms with E-state index in [2.05, 4.69) is 9.71 Å². The van der Waals surface area contributed by atoms with Gasteiger partial charge in [-0.2, -0.15) is 8.42 Å². The van der Waals surface area contributed by atoms with Crippen molar-refractivity contribution in [1.29, 1.82) is 0 Å². The molecular formula is C14H15F2N3O3S. The number of rotatable bonds is 4. The number of methoxy groups -OCH3 is 1. The van der Waals surface area contributed by atoms with Gasteiger partial charge in [0.05, 0.1) is 19.0 Å². The highest BCUT2D eigenvalue weighted by molar-refractivity contribution is 7.92. The molecule has 0 bridgehead atoms. The first-order valence-corrected chi connectivity index (χ1v) is 8.51. The van der Waals surface area contributed by atoms with E-state index in [1.165, 1.54) is 13.3 Å². The second kappa shape index (κ2) is 5.80. The Labute approximate surface area is 132 Å². The molecule has 3 rings (SSSR count). The molecule has 2 aromatic rings. The maximum absolute atomic E-state index is 13.4. The Hall–Kier alpha value is -2.16. The number of nitrogens with one attached hydrogen (secondary N) is 1. The summed E-state index contributed by atoms with van der Waals surface area (Å²) in [5.41, 5.74) is -0.169. The van der Waals surface area contributed by atoms with E-state index in [-0.39, 0.29) is 16.5 Å². The minimum Gasteiger partial charge on any atom is -0.494 e. The molecule has 0 radical (unpaired) electrons. The number of anilines is 1. The number of hydrogen-bond acceptors (Lipinski definition) is 4. The highest BCUT2D eigenvalue weighted by Gasteiger charge is 2.25. The summed E-state index contributed by atoms with van der Waals surface area (Å²) in [5.74, 6) is -1.69. The highest BCUT2D eigenvalue weighted by atomic mass is 32.2. The van der Waals surface area contributed by atoms with Crippen LogP contribution in [0.5, 0.6) is 5.75 Å². The minimum absolute atomic E-state index is 0.000939. The van der Waals surface area contributed by atoms with Crippen LogP contribution < -0.4 is 9.46 Å². The summed E-state index contributed by atoms with van der Waals surface area (Å²) in [5, 5.41) is -0.000939. The minimum atomic E-state index is -3.99. The molecule has 2 heterocycles. The van der Waals surface area contributed by atoms with Crippen molar-refractivity contribution < 1.29 is 21.9 Å². The fourth-order valence-corrected chi connectivity index (χ4v) is 3.81. The molecule has 0 fully saturated rings. The van der Waals surface area contributed by atoms with Gasteiger partial charge in [0.2, 0.25) is 0 Å². The normalized spacial score (nSPS) is 14.4. The lowest BCUT2D eigenvalue weighted by Gasteiger charge is -2.17. The first-order valence-electron chi connectivity index (χ1n) is 7.02. The van der Waals surface area contributed by atoms with Crippen LogP contribution in [0.4, 0.5) is 14.5 Å². The molecule has 0 aliphatic carbocycles. The first kappa shape index (κ1) is 15.7. The number of ether oxygens (including phenoxy) is 1. The Bertz CT molecular complexity index is 849. The molecule has 6 nitrogen and oxygen atoms in total. The summed E-state index contributed by atoms with van der Waals surface area (Å²) in [6.45, 7) is 0.556. The third-order valence-electron chi connectivity index (χ3n) is 3.70. The van der Waals surface area contributed by atoms with Crippen LogP contribution in [0.3, 0.4) is 0 Å². The topological polar surface area (TPSA) is 73.2 Å². The van der Waals surface area contributed by atoms with Gasteiger partial charge >= 0.3 is 0 Å². The van der Waals surface area contributed by atoms with E-state index in [1.807, 2.05) is 0 Å². The van der Waals surface area contributed by atoms with E-state index in [0.717, 1.165) is 25.0 Å². The van der Waals surface area contributed by atoms with Crippen molar-refractivity contribution in [3.63, 3.8) is 0 Å². The fraction of sp³-hybridized carbons (Fsp3) is 0.357. The average molecular weight is 343 g/mol. The Morgan fingerprint density at radius 2 is 2.00 bits per heavy atom. The second-order valence-corrected chi connectivity index (χ2v) is 6.82. The molecule has 1 aliphatic heterocycles. The van der Waals surface area contributed by atoms with E-state index >= 15 is 0 Å². The average Bonchev–Trinajstić information content (AvgIpc) is 2.95. The standard InChI is InChI=1S/C14H15F2N3O3S/c1-22-12-7-10(16)9(15)6-11(12)18-23(20,21)14-8-17-13-4-2-3-5-19(13)14/h6-8,18H,2-5H2,1H3. The highest BCUT2D eigenvalue weighted by Crippen LogP contribution is 2.30. The lowest BCUT2D eigenvalue weighted by atomic mass is 10.2. The zero-order valence-electron chi connectivity index (χ0n) is 12.3. The van der Waals surface area contributed by atoms with Gasteiger partial charge in [-0.05, 0) is 12.8 Å². The molecule has 0 unspecified atom stereocenters. The van der Waals surface area contributed by atoms with Crippen LogP contribution in [0, 0.1) is 11.6 Å². The van der Waals surface area contributed by atoms with Gasteiger partial charge < -0.3 is 9.30 Å². The molecule has 0 atom stereocenters. The van der Waals surface area contributed by atoms with E-state index in [0.29, 0.717) is 18.8 Å². The molecule has 124 valence electrons. The Balaban J connectivity index is 1.99. The zero-order chi connectivity index (χ0) is 16.6. The molecule has 23 heavy (non-hydrogen) atoms. The lowest BCUT2D eigenvalue weighted by molar-refractivity contribution is 0.408. The Morgan fingerprint density at radius 3 is 2.74 bits per heavy atom. The summed E-state index contributed by atoms with van der Waals surface area (Å²) < 4.78 is 60.5. The van der Waals surface area contributed by atoms with Gasteiger partial charge in [0.25, 0.3) is 10.0 Å². The Kier molecular flexibility index (Phi) is 3.97. The van der Waals surface area contributed by atoms with Crippen molar-refractivity contribution in [3.05, 3.63) is 35.8 Å². The molecule has 1 N–H and O–H groups in total. The third-order valence-corrected chi connectivity index (χ3v) is 5.06.